The predicted octanol–water partition coefficient (Wildman–Crippen LogP) is 2.46. The molecule has 1 fully saturated rings. The highest BCUT2D eigenvalue weighted by atomic mass is 16.5. The van der Waals surface area contributed by atoms with Crippen molar-refractivity contribution in [2.75, 3.05) is 19.8 Å². The fraction of sp³-hybridized carbons (Fsp3) is 0.533. The molecule has 2 rings (SSSR count). The van der Waals surface area contributed by atoms with Gasteiger partial charge in [-0.25, -0.2) is 0 Å². The average Bonchev–Trinajstić information content (AvgIpc) is 2.40. The quantitative estimate of drug-likeness (QED) is 0.885. The van der Waals surface area contributed by atoms with E-state index in [0.29, 0.717) is 5.41 Å². The summed E-state index contributed by atoms with van der Waals surface area (Å²) >= 11 is 0. The molecule has 1 heterocycles. The minimum absolute atomic E-state index is 0.366. The fourth-order valence-electron chi connectivity index (χ4n) is 2.25. The molecule has 1 aliphatic rings. The second-order valence-electron chi connectivity index (χ2n) is 5.34. The Bertz CT molecular complexity index is 413. The molecule has 0 spiro atoms. The van der Waals surface area contributed by atoms with E-state index in [2.05, 4.69) is 18.3 Å². The third-order valence-electron chi connectivity index (χ3n) is 3.66. The van der Waals surface area contributed by atoms with E-state index in [9.17, 15) is 0 Å². The summed E-state index contributed by atoms with van der Waals surface area (Å²) in [4.78, 5) is 0. The van der Waals surface area contributed by atoms with Gasteiger partial charge >= 0.3 is 0 Å². The topological polar surface area (TPSA) is 45.0 Å². The molecule has 0 unspecified atom stereocenters. The molecule has 0 bridgehead atoms. The van der Waals surface area contributed by atoms with Crippen molar-refractivity contribution in [3.05, 3.63) is 35.4 Å². The van der Waals surface area contributed by atoms with Gasteiger partial charge in [-0.1, -0.05) is 19.1 Å². The minimum Gasteiger partial charge on any atom is -0.381 e. The highest BCUT2D eigenvalue weighted by molar-refractivity contribution is 5.31. The molecule has 1 aliphatic heterocycles. The van der Waals surface area contributed by atoms with E-state index < -0.39 is 0 Å². The van der Waals surface area contributed by atoms with Crippen molar-refractivity contribution in [1.82, 2.24) is 5.32 Å². The third kappa shape index (κ3) is 3.56. The summed E-state index contributed by atoms with van der Waals surface area (Å²) in [5, 5.41) is 12.2. The van der Waals surface area contributed by atoms with E-state index in [1.807, 2.05) is 24.3 Å². The number of rotatable bonds is 4. The molecule has 1 N–H and O–H groups in total. The zero-order chi connectivity index (χ0) is 12.8. The second kappa shape index (κ2) is 5.99. The van der Waals surface area contributed by atoms with Crippen molar-refractivity contribution in [2.45, 2.75) is 26.3 Å². The number of hydrogen-bond donors (Lipinski definition) is 1. The number of nitrogens with zero attached hydrogens (tertiary/aromatic N) is 1. The van der Waals surface area contributed by atoms with Crippen molar-refractivity contribution in [3.63, 3.8) is 0 Å². The molecule has 18 heavy (non-hydrogen) atoms. The Balaban J connectivity index is 1.79. The van der Waals surface area contributed by atoms with Crippen LogP contribution in [0.2, 0.25) is 0 Å². The van der Waals surface area contributed by atoms with Gasteiger partial charge in [-0.05, 0) is 36.0 Å². The first kappa shape index (κ1) is 13.1. The van der Waals surface area contributed by atoms with Gasteiger partial charge in [0, 0.05) is 26.3 Å². The zero-order valence-electron chi connectivity index (χ0n) is 10.9. The van der Waals surface area contributed by atoms with E-state index in [0.717, 1.165) is 44.7 Å². The monoisotopic (exact) mass is 244 g/mol. The average molecular weight is 244 g/mol. The summed E-state index contributed by atoms with van der Waals surface area (Å²) in [5.74, 6) is 0. The molecule has 0 atom stereocenters. The lowest BCUT2D eigenvalue weighted by Gasteiger charge is -2.33. The van der Waals surface area contributed by atoms with E-state index in [1.54, 1.807) is 0 Å². The number of ether oxygens (including phenoxy) is 1. The first-order valence-corrected chi connectivity index (χ1v) is 6.49. The summed E-state index contributed by atoms with van der Waals surface area (Å²) in [5.41, 5.74) is 2.31. The van der Waals surface area contributed by atoms with Crippen LogP contribution in [0.5, 0.6) is 0 Å². The number of nitrogens with one attached hydrogen (secondary N) is 1. The normalized spacial score (nSPS) is 18.2. The van der Waals surface area contributed by atoms with Gasteiger partial charge in [0.15, 0.2) is 0 Å². The van der Waals surface area contributed by atoms with Gasteiger partial charge in [0.25, 0.3) is 0 Å². The number of hydrogen-bond acceptors (Lipinski definition) is 3. The predicted molar refractivity (Wildman–Crippen MR) is 71.0 cm³/mol. The van der Waals surface area contributed by atoms with Gasteiger partial charge in [-0.15, -0.1) is 0 Å². The molecule has 3 heteroatoms. The van der Waals surface area contributed by atoms with Gasteiger partial charge in [0.1, 0.15) is 0 Å². The van der Waals surface area contributed by atoms with Gasteiger partial charge in [-0.2, -0.15) is 5.26 Å². The first-order valence-electron chi connectivity index (χ1n) is 6.49. The van der Waals surface area contributed by atoms with E-state index in [4.69, 9.17) is 10.00 Å². The van der Waals surface area contributed by atoms with Crippen molar-refractivity contribution in [1.29, 1.82) is 5.26 Å². The largest absolute Gasteiger partial charge is 0.381 e. The highest BCUT2D eigenvalue weighted by Gasteiger charge is 2.26. The fourth-order valence-corrected chi connectivity index (χ4v) is 2.25. The molecule has 1 aromatic rings. The molecule has 1 aromatic carbocycles. The van der Waals surface area contributed by atoms with Gasteiger partial charge in [0.2, 0.25) is 0 Å². The van der Waals surface area contributed by atoms with Crippen molar-refractivity contribution in [3.8, 4) is 6.07 Å². The van der Waals surface area contributed by atoms with Gasteiger partial charge < -0.3 is 10.1 Å². The Kier molecular flexibility index (Phi) is 4.35. The van der Waals surface area contributed by atoms with Gasteiger partial charge in [0.05, 0.1) is 11.6 Å². The van der Waals surface area contributed by atoms with Crippen LogP contribution < -0.4 is 5.32 Å². The lowest BCUT2D eigenvalue weighted by atomic mass is 9.82. The van der Waals surface area contributed by atoms with E-state index in [-0.39, 0.29) is 0 Å². The minimum atomic E-state index is 0.366. The maximum Gasteiger partial charge on any atom is 0.0991 e. The maximum atomic E-state index is 8.73. The van der Waals surface area contributed by atoms with Crippen LogP contribution in [0.1, 0.15) is 30.9 Å². The molecular weight excluding hydrogens is 224 g/mol. The van der Waals surface area contributed by atoms with E-state index >= 15 is 0 Å². The second-order valence-corrected chi connectivity index (χ2v) is 5.34. The molecule has 0 aromatic heterocycles. The Morgan fingerprint density at radius 1 is 1.28 bits per heavy atom. The maximum absolute atomic E-state index is 8.73. The number of nitriles is 1. The Hall–Kier alpha value is -1.37. The van der Waals surface area contributed by atoms with Crippen LogP contribution in [0.25, 0.3) is 0 Å². The summed E-state index contributed by atoms with van der Waals surface area (Å²) in [6, 6.07) is 9.89. The van der Waals surface area contributed by atoms with Crippen LogP contribution in [0.15, 0.2) is 24.3 Å². The Morgan fingerprint density at radius 3 is 2.56 bits per heavy atom. The van der Waals surface area contributed by atoms with Crippen molar-refractivity contribution in [2.24, 2.45) is 5.41 Å². The van der Waals surface area contributed by atoms with Crippen molar-refractivity contribution >= 4 is 0 Å². The Labute approximate surface area is 109 Å². The highest BCUT2D eigenvalue weighted by Crippen LogP contribution is 2.28. The van der Waals surface area contributed by atoms with Crippen LogP contribution in [-0.2, 0) is 11.3 Å². The Morgan fingerprint density at radius 2 is 1.94 bits per heavy atom. The first-order chi connectivity index (χ1) is 8.72. The lowest BCUT2D eigenvalue weighted by Crippen LogP contribution is -2.36. The van der Waals surface area contributed by atoms with Crippen LogP contribution in [0, 0.1) is 16.7 Å². The van der Waals surface area contributed by atoms with Crippen molar-refractivity contribution < 1.29 is 4.74 Å². The summed E-state index contributed by atoms with van der Waals surface area (Å²) in [6.07, 6.45) is 2.26. The van der Waals surface area contributed by atoms with Crippen LogP contribution in [0.4, 0.5) is 0 Å². The third-order valence-corrected chi connectivity index (χ3v) is 3.66. The lowest BCUT2D eigenvalue weighted by molar-refractivity contribution is 0.0240. The molecule has 1 saturated heterocycles. The van der Waals surface area contributed by atoms with Crippen LogP contribution in [-0.4, -0.2) is 19.8 Å². The summed E-state index contributed by atoms with van der Waals surface area (Å²) in [6.45, 7) is 5.98. The summed E-state index contributed by atoms with van der Waals surface area (Å²) < 4.78 is 5.40. The van der Waals surface area contributed by atoms with Crippen LogP contribution in [0.3, 0.4) is 0 Å². The molecule has 96 valence electrons. The zero-order valence-corrected chi connectivity index (χ0v) is 10.9. The van der Waals surface area contributed by atoms with Crippen LogP contribution >= 0.6 is 0 Å². The SMILES string of the molecule is CC1(CNCc2ccc(C#N)cc2)CCOCC1. The van der Waals surface area contributed by atoms with E-state index in [1.165, 1.54) is 5.56 Å². The number of benzene rings is 1. The molecular formula is C15H20N2O. The molecule has 0 saturated carbocycles. The molecule has 3 nitrogen and oxygen atoms in total. The standard InChI is InChI=1S/C15H20N2O/c1-15(6-8-18-9-7-15)12-17-11-14-4-2-13(10-16)3-5-14/h2-5,17H,6-9,11-12H2,1H3. The molecule has 0 radical (unpaired) electrons. The molecule has 0 amide bonds. The smallest absolute Gasteiger partial charge is 0.0991 e. The van der Waals surface area contributed by atoms with Gasteiger partial charge in [-0.3, -0.25) is 0 Å². The molecule has 0 aliphatic carbocycles. The summed E-state index contributed by atoms with van der Waals surface area (Å²) in [7, 11) is 0.